The molecule has 31 heavy (non-hydrogen) atoms. The number of piperidine rings is 1. The number of hydrogen-bond acceptors (Lipinski definition) is 4. The topological polar surface area (TPSA) is 69.9 Å². The molecule has 2 N–H and O–H groups in total. The number of anilines is 2. The normalized spacial score (nSPS) is 14.9. The van der Waals surface area contributed by atoms with Crippen LogP contribution in [-0.2, 0) is 0 Å². The van der Waals surface area contributed by atoms with Crippen molar-refractivity contribution in [2.45, 2.75) is 32.7 Å². The first-order chi connectivity index (χ1) is 15.0. The molecule has 0 atom stereocenters. The summed E-state index contributed by atoms with van der Waals surface area (Å²) in [6.45, 7) is 7.45. The number of likely N-dealkylation sites (tertiary alicyclic amines) is 1. The molecule has 0 aromatic heterocycles. The quantitative estimate of drug-likeness (QED) is 0.312. The molecule has 0 radical (unpaired) electrons. The van der Waals surface area contributed by atoms with Crippen LogP contribution in [0.3, 0.4) is 0 Å². The minimum Gasteiger partial charge on any atom is -0.366 e. The zero-order chi connectivity index (χ0) is 22.4. The molecule has 166 valence electrons. The summed E-state index contributed by atoms with van der Waals surface area (Å²) in [7, 11) is 0. The maximum absolute atomic E-state index is 12.7. The fourth-order valence-electron chi connectivity index (χ4n) is 4.13. The van der Waals surface area contributed by atoms with Gasteiger partial charge in [0.25, 0.3) is 5.91 Å². The smallest absolute Gasteiger partial charge is 0.253 e. The van der Waals surface area contributed by atoms with Crippen LogP contribution in [0.5, 0.6) is 0 Å². The summed E-state index contributed by atoms with van der Waals surface area (Å²) in [5, 5.41) is 0. The van der Waals surface area contributed by atoms with Crippen LogP contribution >= 0.6 is 22.6 Å². The number of benzene rings is 2. The van der Waals surface area contributed by atoms with E-state index in [1.54, 1.807) is 6.07 Å². The van der Waals surface area contributed by atoms with Gasteiger partial charge in [-0.2, -0.15) is 0 Å². The second-order valence-electron chi connectivity index (χ2n) is 7.78. The van der Waals surface area contributed by atoms with Crippen LogP contribution in [0.15, 0.2) is 48.5 Å². The molecule has 6 nitrogen and oxygen atoms in total. The lowest BCUT2D eigenvalue weighted by Gasteiger charge is -2.39. The number of primary amides is 1. The largest absolute Gasteiger partial charge is 0.366 e. The van der Waals surface area contributed by atoms with Crippen LogP contribution in [0.2, 0.25) is 0 Å². The monoisotopic (exact) mass is 534 g/mol. The molecule has 7 heteroatoms. The lowest BCUT2D eigenvalue weighted by atomic mass is 10.0. The number of amides is 2. The van der Waals surface area contributed by atoms with Crippen molar-refractivity contribution in [3.63, 3.8) is 0 Å². The third-order valence-electron chi connectivity index (χ3n) is 5.94. The number of alkyl halides is 1. The highest BCUT2D eigenvalue weighted by atomic mass is 127. The lowest BCUT2D eigenvalue weighted by molar-refractivity contribution is 0.0772. The Morgan fingerprint density at radius 2 is 1.65 bits per heavy atom. The second kappa shape index (κ2) is 10.9. The van der Waals surface area contributed by atoms with Gasteiger partial charge in [0.15, 0.2) is 0 Å². The first kappa shape index (κ1) is 23.5. The Kier molecular flexibility index (Phi) is 8.31. The van der Waals surface area contributed by atoms with Crippen LogP contribution in [0, 0.1) is 0 Å². The predicted octanol–water partition coefficient (Wildman–Crippen LogP) is 4.26. The van der Waals surface area contributed by atoms with Crippen LogP contribution in [0.1, 0.15) is 47.4 Å². The van der Waals surface area contributed by atoms with Crippen molar-refractivity contribution >= 4 is 45.8 Å². The van der Waals surface area contributed by atoms with Crippen molar-refractivity contribution < 1.29 is 9.59 Å². The van der Waals surface area contributed by atoms with E-state index in [-0.39, 0.29) is 5.91 Å². The van der Waals surface area contributed by atoms with Crippen LogP contribution in [-0.4, -0.2) is 58.4 Å². The Bertz CT molecular complexity index is 891. The molecule has 2 aromatic carbocycles. The van der Waals surface area contributed by atoms with Gasteiger partial charge in [-0.05, 0) is 69.2 Å². The molecule has 0 spiro atoms. The van der Waals surface area contributed by atoms with E-state index >= 15 is 0 Å². The number of nitrogens with two attached hydrogens (primary N) is 1. The van der Waals surface area contributed by atoms with Gasteiger partial charge in [0.05, 0.1) is 4.55 Å². The summed E-state index contributed by atoms with van der Waals surface area (Å²) in [5.74, 6) is -0.379. The number of halogens is 1. The molecule has 1 aliphatic heterocycles. The molecule has 0 saturated carbocycles. The summed E-state index contributed by atoms with van der Waals surface area (Å²) in [6, 6.07) is 15.6. The van der Waals surface area contributed by atoms with Gasteiger partial charge in [0, 0.05) is 54.7 Å². The van der Waals surface area contributed by atoms with Crippen molar-refractivity contribution in [3.8, 4) is 0 Å². The van der Waals surface area contributed by atoms with Crippen LogP contribution in [0.25, 0.3) is 0 Å². The van der Waals surface area contributed by atoms with Crippen molar-refractivity contribution in [2.75, 3.05) is 35.6 Å². The zero-order valence-corrected chi connectivity index (χ0v) is 20.4. The molecule has 0 unspecified atom stereocenters. The van der Waals surface area contributed by atoms with Crippen molar-refractivity contribution in [2.24, 2.45) is 5.73 Å². The van der Waals surface area contributed by atoms with Crippen molar-refractivity contribution in [1.82, 2.24) is 9.80 Å². The molecule has 0 bridgehead atoms. The van der Waals surface area contributed by atoms with E-state index in [0.29, 0.717) is 30.3 Å². The highest BCUT2D eigenvalue weighted by molar-refractivity contribution is 14.1. The van der Waals surface area contributed by atoms with Gasteiger partial charge >= 0.3 is 0 Å². The van der Waals surface area contributed by atoms with Gasteiger partial charge in [-0.15, -0.1) is 0 Å². The number of hydrogen-bond donors (Lipinski definition) is 1. The Labute approximate surface area is 198 Å². The number of nitrogens with zero attached hydrogens (tertiary/aromatic N) is 3. The van der Waals surface area contributed by atoms with Gasteiger partial charge in [-0.1, -0.05) is 28.7 Å². The van der Waals surface area contributed by atoms with Gasteiger partial charge < -0.3 is 15.5 Å². The Morgan fingerprint density at radius 1 is 1.00 bits per heavy atom. The third kappa shape index (κ3) is 5.57. The van der Waals surface area contributed by atoms with Crippen LogP contribution in [0.4, 0.5) is 11.4 Å². The van der Waals surface area contributed by atoms with E-state index in [1.165, 1.54) is 0 Å². The molecular weight excluding hydrogens is 503 g/mol. The van der Waals surface area contributed by atoms with Crippen LogP contribution < -0.4 is 10.6 Å². The van der Waals surface area contributed by atoms with E-state index in [0.717, 1.165) is 41.9 Å². The average Bonchev–Trinajstić information content (AvgIpc) is 2.81. The molecule has 1 aliphatic rings. The first-order valence-electron chi connectivity index (χ1n) is 10.8. The summed E-state index contributed by atoms with van der Waals surface area (Å²) in [5.41, 5.74) is 8.70. The maximum atomic E-state index is 12.7. The highest BCUT2D eigenvalue weighted by Gasteiger charge is 2.26. The number of carbonyl (C=O) groups is 2. The van der Waals surface area contributed by atoms with Gasteiger partial charge in [0.1, 0.15) is 0 Å². The fourth-order valence-corrected chi connectivity index (χ4v) is 4.82. The van der Waals surface area contributed by atoms with E-state index < -0.39 is 5.91 Å². The SMILES string of the molecule is CCN(CC)C(=O)c1ccc(N(c2cccc(C(N)=O)c2)C2CCN(CI)CC2)cc1. The minimum absolute atomic E-state index is 0.0502. The molecule has 1 heterocycles. The van der Waals surface area contributed by atoms with Gasteiger partial charge in [-0.25, -0.2) is 0 Å². The second-order valence-corrected chi connectivity index (χ2v) is 8.46. The predicted molar refractivity (Wildman–Crippen MR) is 134 cm³/mol. The van der Waals surface area contributed by atoms with Crippen molar-refractivity contribution in [1.29, 1.82) is 0 Å². The summed E-state index contributed by atoms with van der Waals surface area (Å²) in [4.78, 5) is 31.0. The minimum atomic E-state index is -0.429. The molecular formula is C24H31IN4O2. The standard InChI is InChI=1S/C24H31IN4O2/c1-3-28(4-2)24(31)18-8-10-20(11-9-18)29(21-12-14-27(17-25)15-13-21)22-7-5-6-19(16-22)23(26)30/h5-11,16,21H,3-4,12-15,17H2,1-2H3,(H2,26,30). The Balaban J connectivity index is 1.94. The molecule has 0 aliphatic carbocycles. The van der Waals surface area contributed by atoms with E-state index in [1.807, 2.05) is 61.2 Å². The molecule has 1 saturated heterocycles. The zero-order valence-electron chi connectivity index (χ0n) is 18.3. The molecule has 1 fully saturated rings. The lowest BCUT2D eigenvalue weighted by Crippen LogP contribution is -2.42. The highest BCUT2D eigenvalue weighted by Crippen LogP contribution is 2.33. The number of rotatable bonds is 8. The summed E-state index contributed by atoms with van der Waals surface area (Å²) < 4.78 is 1.03. The summed E-state index contributed by atoms with van der Waals surface area (Å²) in [6.07, 6.45) is 2.06. The molecule has 2 amide bonds. The summed E-state index contributed by atoms with van der Waals surface area (Å²) >= 11 is 2.41. The van der Waals surface area contributed by atoms with Crippen molar-refractivity contribution in [3.05, 3.63) is 59.7 Å². The maximum Gasteiger partial charge on any atom is 0.253 e. The molecule has 2 aromatic rings. The Hall–Kier alpha value is -2.13. The first-order valence-corrected chi connectivity index (χ1v) is 12.4. The fraction of sp³-hybridized carbons (Fsp3) is 0.417. The average molecular weight is 534 g/mol. The van der Waals surface area contributed by atoms with E-state index in [9.17, 15) is 9.59 Å². The van der Waals surface area contributed by atoms with E-state index in [4.69, 9.17) is 5.73 Å². The third-order valence-corrected chi connectivity index (χ3v) is 6.91. The van der Waals surface area contributed by atoms with Gasteiger partial charge in [-0.3, -0.25) is 14.5 Å². The van der Waals surface area contributed by atoms with E-state index in [2.05, 4.69) is 32.4 Å². The number of carbonyl (C=O) groups excluding carboxylic acids is 2. The Morgan fingerprint density at radius 3 is 2.19 bits per heavy atom. The van der Waals surface area contributed by atoms with Gasteiger partial charge in [0.2, 0.25) is 5.91 Å². The molecule has 3 rings (SSSR count).